The molecule has 2 aromatic carbocycles. The van der Waals surface area contributed by atoms with E-state index in [1.54, 1.807) is 24.3 Å². The highest BCUT2D eigenvalue weighted by Crippen LogP contribution is 2.11. The molecule has 0 aliphatic carbocycles. The van der Waals surface area contributed by atoms with Crippen LogP contribution in [0.15, 0.2) is 53.6 Å². The van der Waals surface area contributed by atoms with E-state index in [1.807, 2.05) is 6.92 Å². The van der Waals surface area contributed by atoms with Gasteiger partial charge in [0.2, 0.25) is 0 Å². The molecular formula is C18H18FN3O3. The molecule has 7 heteroatoms. The van der Waals surface area contributed by atoms with E-state index < -0.39 is 5.91 Å². The van der Waals surface area contributed by atoms with Crippen LogP contribution in [0.4, 0.5) is 4.39 Å². The summed E-state index contributed by atoms with van der Waals surface area (Å²) >= 11 is 0. The van der Waals surface area contributed by atoms with Crippen molar-refractivity contribution in [1.82, 2.24) is 10.7 Å². The Morgan fingerprint density at radius 3 is 2.44 bits per heavy atom. The molecule has 0 aromatic heterocycles. The van der Waals surface area contributed by atoms with Crippen LogP contribution in [0.1, 0.15) is 22.8 Å². The Morgan fingerprint density at radius 2 is 1.80 bits per heavy atom. The summed E-state index contributed by atoms with van der Waals surface area (Å²) in [5.41, 5.74) is 3.34. The molecule has 0 fully saturated rings. The average molecular weight is 343 g/mol. The van der Waals surface area contributed by atoms with Crippen molar-refractivity contribution in [3.8, 4) is 5.75 Å². The van der Waals surface area contributed by atoms with Gasteiger partial charge in [0.05, 0.1) is 19.4 Å². The molecule has 0 spiro atoms. The second-order valence-electron chi connectivity index (χ2n) is 4.98. The summed E-state index contributed by atoms with van der Waals surface area (Å²) < 4.78 is 18.0. The minimum atomic E-state index is -0.474. The summed E-state index contributed by atoms with van der Waals surface area (Å²) in [5.74, 6) is -0.525. The quantitative estimate of drug-likeness (QED) is 0.597. The number of hydrogen-bond donors (Lipinski definition) is 2. The molecule has 2 amide bonds. The molecule has 0 radical (unpaired) electrons. The molecule has 0 aliphatic heterocycles. The molecule has 0 saturated heterocycles. The zero-order valence-electron chi connectivity index (χ0n) is 13.7. The zero-order valence-corrected chi connectivity index (χ0v) is 13.7. The number of nitrogens with one attached hydrogen (secondary N) is 2. The molecule has 0 heterocycles. The SMILES string of the molecule is CCOc1ccc(C(=O)NCC(=O)N/N=C/c2ccc(F)cc2)cc1. The monoisotopic (exact) mass is 343 g/mol. The van der Waals surface area contributed by atoms with Crippen LogP contribution >= 0.6 is 0 Å². The molecular weight excluding hydrogens is 325 g/mol. The fourth-order valence-electron chi connectivity index (χ4n) is 1.90. The first-order chi connectivity index (χ1) is 12.1. The third kappa shape index (κ3) is 6.06. The average Bonchev–Trinajstić information content (AvgIpc) is 2.62. The molecule has 2 aromatic rings. The predicted octanol–water partition coefficient (Wildman–Crippen LogP) is 2.10. The van der Waals surface area contributed by atoms with E-state index in [1.165, 1.54) is 30.5 Å². The summed E-state index contributed by atoms with van der Waals surface area (Å²) in [6.45, 7) is 2.20. The third-order valence-electron chi connectivity index (χ3n) is 3.11. The number of amides is 2. The number of ether oxygens (including phenoxy) is 1. The van der Waals surface area contributed by atoms with Gasteiger partial charge in [-0.1, -0.05) is 12.1 Å². The second kappa shape index (κ2) is 9.17. The first-order valence-electron chi connectivity index (χ1n) is 7.67. The summed E-state index contributed by atoms with van der Waals surface area (Å²) in [4.78, 5) is 23.6. The number of nitrogens with zero attached hydrogens (tertiary/aromatic N) is 1. The number of carbonyl (C=O) groups excluding carboxylic acids is 2. The van der Waals surface area contributed by atoms with Crippen molar-refractivity contribution in [2.75, 3.05) is 13.2 Å². The standard InChI is InChI=1S/C18H18FN3O3/c1-2-25-16-9-5-14(6-10-16)18(24)20-12-17(23)22-21-11-13-3-7-15(19)8-4-13/h3-11H,2,12H2,1H3,(H,20,24)(H,22,23)/b21-11+. The molecule has 0 aliphatic rings. The van der Waals surface area contributed by atoms with Crippen LogP contribution in [0.25, 0.3) is 0 Å². The van der Waals surface area contributed by atoms with E-state index in [2.05, 4.69) is 15.8 Å². The van der Waals surface area contributed by atoms with Crippen LogP contribution < -0.4 is 15.5 Å². The third-order valence-corrected chi connectivity index (χ3v) is 3.11. The molecule has 25 heavy (non-hydrogen) atoms. The summed E-state index contributed by atoms with van der Waals surface area (Å²) in [5, 5.41) is 6.23. The smallest absolute Gasteiger partial charge is 0.259 e. The number of carbonyl (C=O) groups is 2. The van der Waals surface area contributed by atoms with Crippen LogP contribution in [-0.2, 0) is 4.79 Å². The van der Waals surface area contributed by atoms with Gasteiger partial charge in [-0.15, -0.1) is 0 Å². The first kappa shape index (κ1) is 18.1. The van der Waals surface area contributed by atoms with Gasteiger partial charge >= 0.3 is 0 Å². The van der Waals surface area contributed by atoms with Gasteiger partial charge in [-0.3, -0.25) is 9.59 Å². The van der Waals surface area contributed by atoms with E-state index in [0.29, 0.717) is 23.5 Å². The van der Waals surface area contributed by atoms with Gasteiger partial charge < -0.3 is 10.1 Å². The lowest BCUT2D eigenvalue weighted by Gasteiger charge is -2.06. The topological polar surface area (TPSA) is 79.8 Å². The number of rotatable bonds is 7. The van der Waals surface area contributed by atoms with Gasteiger partial charge in [-0.05, 0) is 48.9 Å². The Balaban J connectivity index is 1.77. The van der Waals surface area contributed by atoms with E-state index >= 15 is 0 Å². The Bertz CT molecular complexity index is 743. The lowest BCUT2D eigenvalue weighted by atomic mass is 10.2. The Hall–Kier alpha value is -3.22. The zero-order chi connectivity index (χ0) is 18.1. The van der Waals surface area contributed by atoms with Gasteiger partial charge in [0, 0.05) is 5.56 Å². The highest BCUT2D eigenvalue weighted by Gasteiger charge is 2.07. The number of hydrogen-bond acceptors (Lipinski definition) is 4. The molecule has 0 unspecified atom stereocenters. The van der Waals surface area contributed by atoms with Gasteiger partial charge in [0.1, 0.15) is 11.6 Å². The second-order valence-corrected chi connectivity index (χ2v) is 4.98. The largest absolute Gasteiger partial charge is 0.494 e. The lowest BCUT2D eigenvalue weighted by Crippen LogP contribution is -2.34. The molecule has 0 atom stereocenters. The van der Waals surface area contributed by atoms with Crippen molar-refractivity contribution in [1.29, 1.82) is 0 Å². The van der Waals surface area contributed by atoms with Crippen LogP contribution in [0.2, 0.25) is 0 Å². The molecule has 0 bridgehead atoms. The molecule has 6 nitrogen and oxygen atoms in total. The highest BCUT2D eigenvalue weighted by atomic mass is 19.1. The van der Waals surface area contributed by atoms with Crippen molar-refractivity contribution in [3.63, 3.8) is 0 Å². The van der Waals surface area contributed by atoms with Gasteiger partial charge in [0.25, 0.3) is 11.8 Å². The maximum Gasteiger partial charge on any atom is 0.259 e. The lowest BCUT2D eigenvalue weighted by molar-refractivity contribution is -0.120. The molecule has 2 N–H and O–H groups in total. The van der Waals surface area contributed by atoms with Crippen molar-refractivity contribution >= 4 is 18.0 Å². The van der Waals surface area contributed by atoms with E-state index in [-0.39, 0.29) is 18.3 Å². The van der Waals surface area contributed by atoms with Crippen LogP contribution in [-0.4, -0.2) is 31.2 Å². The molecule has 0 saturated carbocycles. The van der Waals surface area contributed by atoms with E-state index in [4.69, 9.17) is 4.74 Å². The maximum absolute atomic E-state index is 12.8. The van der Waals surface area contributed by atoms with Crippen LogP contribution in [0.3, 0.4) is 0 Å². The minimum Gasteiger partial charge on any atom is -0.494 e. The summed E-state index contributed by atoms with van der Waals surface area (Å²) in [7, 11) is 0. The fourth-order valence-corrected chi connectivity index (χ4v) is 1.90. The van der Waals surface area contributed by atoms with Crippen molar-refractivity contribution in [2.24, 2.45) is 5.10 Å². The summed E-state index contributed by atoms with van der Waals surface area (Å²) in [6, 6.07) is 12.2. The van der Waals surface area contributed by atoms with E-state index in [0.717, 1.165) is 0 Å². The predicted molar refractivity (Wildman–Crippen MR) is 92.1 cm³/mol. The highest BCUT2D eigenvalue weighted by molar-refractivity contribution is 5.96. The normalized spacial score (nSPS) is 10.5. The Kier molecular flexibility index (Phi) is 6.65. The Morgan fingerprint density at radius 1 is 1.12 bits per heavy atom. The van der Waals surface area contributed by atoms with Crippen molar-refractivity contribution in [3.05, 3.63) is 65.5 Å². The molecule has 130 valence electrons. The van der Waals surface area contributed by atoms with Gasteiger partial charge in [0.15, 0.2) is 0 Å². The molecule has 2 rings (SSSR count). The van der Waals surface area contributed by atoms with Crippen molar-refractivity contribution < 1.29 is 18.7 Å². The number of benzene rings is 2. The van der Waals surface area contributed by atoms with E-state index in [9.17, 15) is 14.0 Å². The fraction of sp³-hybridized carbons (Fsp3) is 0.167. The van der Waals surface area contributed by atoms with Crippen LogP contribution in [0, 0.1) is 5.82 Å². The summed E-state index contributed by atoms with van der Waals surface area (Å²) in [6.07, 6.45) is 1.38. The van der Waals surface area contributed by atoms with Gasteiger partial charge in [-0.25, -0.2) is 9.82 Å². The maximum atomic E-state index is 12.8. The first-order valence-corrected chi connectivity index (χ1v) is 7.67. The minimum absolute atomic E-state index is 0.215. The van der Waals surface area contributed by atoms with Crippen molar-refractivity contribution in [2.45, 2.75) is 6.92 Å². The van der Waals surface area contributed by atoms with Crippen LogP contribution in [0.5, 0.6) is 5.75 Å². The number of hydrazone groups is 1. The number of halogens is 1. The van der Waals surface area contributed by atoms with Gasteiger partial charge in [-0.2, -0.15) is 5.10 Å². The Labute approximate surface area is 144 Å².